The average molecular weight is 350 g/mol. The highest BCUT2D eigenvalue weighted by Crippen LogP contribution is 2.35. The molecule has 0 heterocycles. The Balaban J connectivity index is 1.86. The van der Waals surface area contributed by atoms with Crippen LogP contribution in [0.2, 0.25) is 0 Å². The summed E-state index contributed by atoms with van der Waals surface area (Å²) in [5.74, 6) is 0.207. The molecule has 0 bridgehead atoms. The monoisotopic (exact) mass is 350 g/mol. The van der Waals surface area contributed by atoms with E-state index in [1.807, 2.05) is 36.4 Å². The summed E-state index contributed by atoms with van der Waals surface area (Å²) in [7, 11) is 0. The lowest BCUT2D eigenvalue weighted by Gasteiger charge is -2.16. The Hall–Kier alpha value is -2.85. The summed E-state index contributed by atoms with van der Waals surface area (Å²) in [6.07, 6.45) is -0.919. The van der Waals surface area contributed by atoms with Crippen LogP contribution in [-0.4, -0.2) is 30.4 Å². The number of fused-ring (bicyclic) bond motifs is 2. The fraction of sp³-hybridized carbons (Fsp3) is 0.227. The van der Waals surface area contributed by atoms with Crippen molar-refractivity contribution in [3.63, 3.8) is 0 Å². The number of benzene rings is 3. The first kappa shape index (κ1) is 18.0. The first-order chi connectivity index (χ1) is 12.5. The fourth-order valence-corrected chi connectivity index (χ4v) is 2.83. The molecule has 0 spiro atoms. The van der Waals surface area contributed by atoms with Crippen molar-refractivity contribution >= 4 is 27.5 Å². The smallest absolute Gasteiger partial charge is 0.333 e. The topological polar surface area (TPSA) is 55.8 Å². The molecule has 26 heavy (non-hydrogen) atoms. The zero-order valence-corrected chi connectivity index (χ0v) is 15.0. The highest BCUT2D eigenvalue weighted by atomic mass is 16.5. The molecule has 1 unspecified atom stereocenters. The summed E-state index contributed by atoms with van der Waals surface area (Å²) in [6.45, 7) is 7.03. The van der Waals surface area contributed by atoms with E-state index in [4.69, 9.17) is 9.47 Å². The molecule has 4 nitrogen and oxygen atoms in total. The molecule has 0 amide bonds. The van der Waals surface area contributed by atoms with Crippen LogP contribution < -0.4 is 4.74 Å². The van der Waals surface area contributed by atoms with Crippen LogP contribution >= 0.6 is 0 Å². The van der Waals surface area contributed by atoms with Gasteiger partial charge in [-0.2, -0.15) is 0 Å². The minimum Gasteiger partial charge on any atom is -0.489 e. The summed E-state index contributed by atoms with van der Waals surface area (Å²) >= 11 is 0. The van der Waals surface area contributed by atoms with Crippen LogP contribution in [0.15, 0.2) is 60.7 Å². The van der Waals surface area contributed by atoms with Crippen molar-refractivity contribution in [2.45, 2.75) is 20.0 Å². The summed E-state index contributed by atoms with van der Waals surface area (Å²) in [5.41, 5.74) is 1.47. The Bertz CT molecular complexity index is 974. The van der Waals surface area contributed by atoms with Crippen LogP contribution in [-0.2, 0) is 9.53 Å². The Morgan fingerprint density at radius 3 is 2.58 bits per heavy atom. The highest BCUT2D eigenvalue weighted by Gasteiger charge is 2.13. The lowest BCUT2D eigenvalue weighted by molar-refractivity contribution is -0.142. The van der Waals surface area contributed by atoms with Gasteiger partial charge in [-0.1, -0.05) is 54.6 Å². The summed E-state index contributed by atoms with van der Waals surface area (Å²) in [6, 6.07) is 16.3. The third-order valence-electron chi connectivity index (χ3n) is 4.14. The SMILES string of the molecule is C=C(C)C(=O)OCC(O)COc1c2ccccc2cc2cc(C)ccc12. The molecule has 1 N–H and O–H groups in total. The van der Waals surface area contributed by atoms with Gasteiger partial charge in [-0.05, 0) is 30.7 Å². The number of carbonyl (C=O) groups excluding carboxylic acids is 1. The normalized spacial score (nSPS) is 12.1. The van der Waals surface area contributed by atoms with Crippen molar-refractivity contribution in [2.75, 3.05) is 13.2 Å². The summed E-state index contributed by atoms with van der Waals surface area (Å²) in [4.78, 5) is 11.4. The predicted molar refractivity (Wildman–Crippen MR) is 103 cm³/mol. The highest BCUT2D eigenvalue weighted by molar-refractivity contribution is 6.05. The van der Waals surface area contributed by atoms with E-state index in [-0.39, 0.29) is 13.2 Å². The van der Waals surface area contributed by atoms with Crippen molar-refractivity contribution in [3.8, 4) is 5.75 Å². The van der Waals surface area contributed by atoms with E-state index in [2.05, 4.69) is 25.6 Å². The lowest BCUT2D eigenvalue weighted by atomic mass is 10.0. The van der Waals surface area contributed by atoms with Gasteiger partial charge in [-0.3, -0.25) is 0 Å². The lowest BCUT2D eigenvalue weighted by Crippen LogP contribution is -2.25. The van der Waals surface area contributed by atoms with Crippen LogP contribution in [0, 0.1) is 6.92 Å². The van der Waals surface area contributed by atoms with Gasteiger partial charge in [0.1, 0.15) is 25.1 Å². The number of hydrogen-bond acceptors (Lipinski definition) is 4. The van der Waals surface area contributed by atoms with Crippen molar-refractivity contribution in [1.29, 1.82) is 0 Å². The van der Waals surface area contributed by atoms with Crippen molar-refractivity contribution in [1.82, 2.24) is 0 Å². The molecule has 0 aromatic heterocycles. The van der Waals surface area contributed by atoms with Gasteiger partial charge < -0.3 is 14.6 Å². The van der Waals surface area contributed by atoms with Crippen molar-refractivity contribution in [2.24, 2.45) is 0 Å². The van der Waals surface area contributed by atoms with E-state index < -0.39 is 12.1 Å². The van der Waals surface area contributed by atoms with E-state index in [0.717, 1.165) is 27.3 Å². The molecule has 4 heteroatoms. The number of esters is 1. The Labute approximate surface area is 152 Å². The molecule has 0 aliphatic carbocycles. The molecular formula is C22H22O4. The molecular weight excluding hydrogens is 328 g/mol. The molecule has 0 aliphatic heterocycles. The predicted octanol–water partition coefficient (Wildman–Crippen LogP) is 4.16. The maximum absolute atomic E-state index is 11.4. The number of ether oxygens (including phenoxy) is 2. The zero-order chi connectivity index (χ0) is 18.7. The Morgan fingerprint density at radius 2 is 1.81 bits per heavy atom. The zero-order valence-electron chi connectivity index (χ0n) is 15.0. The van der Waals surface area contributed by atoms with Crippen molar-refractivity contribution in [3.05, 3.63) is 66.2 Å². The van der Waals surface area contributed by atoms with Crippen LogP contribution in [0.5, 0.6) is 5.75 Å². The summed E-state index contributed by atoms with van der Waals surface area (Å²) in [5, 5.41) is 14.2. The number of aliphatic hydroxyl groups excluding tert-OH is 1. The second-order valence-electron chi connectivity index (χ2n) is 6.50. The minimum atomic E-state index is -0.919. The average Bonchev–Trinajstić information content (AvgIpc) is 2.62. The third-order valence-corrected chi connectivity index (χ3v) is 4.14. The van der Waals surface area contributed by atoms with E-state index in [1.54, 1.807) is 6.92 Å². The molecule has 3 aromatic carbocycles. The molecule has 0 aliphatic rings. The molecule has 0 fully saturated rings. The number of hydrogen-bond donors (Lipinski definition) is 1. The van der Waals surface area contributed by atoms with Crippen LogP contribution in [0.4, 0.5) is 0 Å². The van der Waals surface area contributed by atoms with Gasteiger partial charge in [0.15, 0.2) is 0 Å². The molecule has 0 saturated heterocycles. The van der Waals surface area contributed by atoms with Crippen LogP contribution in [0.1, 0.15) is 12.5 Å². The van der Waals surface area contributed by atoms with Gasteiger partial charge >= 0.3 is 5.97 Å². The quantitative estimate of drug-likeness (QED) is 0.412. The molecule has 1 atom stereocenters. The first-order valence-corrected chi connectivity index (χ1v) is 8.51. The number of rotatable bonds is 6. The van der Waals surface area contributed by atoms with Crippen molar-refractivity contribution < 1.29 is 19.4 Å². The van der Waals surface area contributed by atoms with E-state index in [9.17, 15) is 9.90 Å². The van der Waals surface area contributed by atoms with Gasteiger partial charge in [-0.25, -0.2) is 4.79 Å². The van der Waals surface area contributed by atoms with Gasteiger partial charge in [0.2, 0.25) is 0 Å². The van der Waals surface area contributed by atoms with E-state index >= 15 is 0 Å². The standard InChI is InChI=1S/C22H22O4/c1-14(2)22(24)26-13-18(23)12-25-21-19-7-5-4-6-16(19)11-17-10-15(3)8-9-20(17)21/h4-11,18,23H,1,12-13H2,2-3H3. The van der Waals surface area contributed by atoms with E-state index in [1.165, 1.54) is 5.56 Å². The number of aryl methyl sites for hydroxylation is 1. The van der Waals surface area contributed by atoms with Gasteiger partial charge in [0.25, 0.3) is 0 Å². The number of carbonyl (C=O) groups is 1. The third kappa shape index (κ3) is 3.86. The Kier molecular flexibility index (Phi) is 5.24. The maximum atomic E-state index is 11.4. The number of aliphatic hydroxyl groups is 1. The van der Waals surface area contributed by atoms with Gasteiger partial charge in [0.05, 0.1) is 0 Å². The maximum Gasteiger partial charge on any atom is 0.333 e. The van der Waals surface area contributed by atoms with Gasteiger partial charge in [-0.15, -0.1) is 0 Å². The summed E-state index contributed by atoms with van der Waals surface area (Å²) < 4.78 is 10.9. The largest absolute Gasteiger partial charge is 0.489 e. The molecule has 3 aromatic rings. The second-order valence-corrected chi connectivity index (χ2v) is 6.50. The first-order valence-electron chi connectivity index (χ1n) is 8.51. The molecule has 134 valence electrons. The second kappa shape index (κ2) is 7.58. The minimum absolute atomic E-state index is 0.0282. The molecule has 0 saturated carbocycles. The molecule has 0 radical (unpaired) electrons. The van der Waals surface area contributed by atoms with Gasteiger partial charge in [0, 0.05) is 16.3 Å². The fourth-order valence-electron chi connectivity index (χ4n) is 2.83. The van der Waals surface area contributed by atoms with Crippen LogP contribution in [0.3, 0.4) is 0 Å². The van der Waals surface area contributed by atoms with Crippen LogP contribution in [0.25, 0.3) is 21.5 Å². The van der Waals surface area contributed by atoms with E-state index in [0.29, 0.717) is 5.57 Å². The molecule has 3 rings (SSSR count). The Morgan fingerprint density at radius 1 is 1.08 bits per heavy atom.